The zero-order valence-corrected chi connectivity index (χ0v) is 10.1. The molecule has 0 unspecified atom stereocenters. The quantitative estimate of drug-likeness (QED) is 0.879. The van der Waals surface area contributed by atoms with Crippen molar-refractivity contribution in [3.05, 3.63) is 42.1 Å². The van der Waals surface area contributed by atoms with E-state index in [1.165, 1.54) is 6.07 Å². The predicted octanol–water partition coefficient (Wildman–Crippen LogP) is 2.43. The first-order chi connectivity index (χ1) is 8.24. The van der Waals surface area contributed by atoms with Gasteiger partial charge in [-0.05, 0) is 31.7 Å². The molecule has 1 aromatic carbocycles. The van der Waals surface area contributed by atoms with Gasteiger partial charge in [0.25, 0.3) is 0 Å². The molecule has 17 heavy (non-hydrogen) atoms. The molecule has 1 N–H and O–H groups in total. The van der Waals surface area contributed by atoms with Gasteiger partial charge in [0.05, 0.1) is 12.0 Å². The van der Waals surface area contributed by atoms with E-state index in [9.17, 15) is 4.39 Å². The summed E-state index contributed by atoms with van der Waals surface area (Å²) in [5.41, 5.74) is 2.29. The second-order valence-corrected chi connectivity index (χ2v) is 3.93. The molecule has 2 aromatic rings. The third-order valence-electron chi connectivity index (χ3n) is 2.69. The van der Waals surface area contributed by atoms with Crippen LogP contribution in [0.1, 0.15) is 12.5 Å². The van der Waals surface area contributed by atoms with E-state index in [1.807, 2.05) is 30.8 Å². The Bertz CT molecular complexity index is 505. The number of rotatable bonds is 4. The Morgan fingerprint density at radius 3 is 2.88 bits per heavy atom. The monoisotopic (exact) mass is 233 g/mol. The van der Waals surface area contributed by atoms with Crippen LogP contribution in [-0.2, 0) is 13.1 Å². The number of hydrogen-bond donors (Lipinski definition) is 1. The van der Waals surface area contributed by atoms with Crippen LogP contribution in [-0.4, -0.2) is 16.6 Å². The van der Waals surface area contributed by atoms with Crippen LogP contribution < -0.4 is 5.32 Å². The normalized spacial score (nSPS) is 10.8. The van der Waals surface area contributed by atoms with E-state index in [1.54, 1.807) is 12.4 Å². The van der Waals surface area contributed by atoms with Gasteiger partial charge in [-0.15, -0.1) is 0 Å². The van der Waals surface area contributed by atoms with Gasteiger partial charge in [0.2, 0.25) is 0 Å². The molecule has 1 aromatic heterocycles. The first-order valence-corrected chi connectivity index (χ1v) is 5.69. The largest absolute Gasteiger partial charge is 0.337 e. The fourth-order valence-electron chi connectivity index (χ4n) is 1.75. The van der Waals surface area contributed by atoms with Crippen LogP contribution >= 0.6 is 0 Å². The van der Waals surface area contributed by atoms with Crippen LogP contribution in [0.3, 0.4) is 0 Å². The molecule has 0 fully saturated rings. The van der Waals surface area contributed by atoms with Crippen molar-refractivity contribution in [1.29, 1.82) is 0 Å². The van der Waals surface area contributed by atoms with Crippen molar-refractivity contribution < 1.29 is 4.39 Å². The number of benzene rings is 1. The van der Waals surface area contributed by atoms with Gasteiger partial charge in [-0.1, -0.05) is 6.07 Å². The van der Waals surface area contributed by atoms with E-state index in [2.05, 4.69) is 10.3 Å². The Hall–Kier alpha value is -1.68. The third-order valence-corrected chi connectivity index (χ3v) is 2.69. The van der Waals surface area contributed by atoms with Crippen molar-refractivity contribution in [3.63, 3.8) is 0 Å². The van der Waals surface area contributed by atoms with Gasteiger partial charge in [0.15, 0.2) is 0 Å². The SMILES string of the molecule is CCn1cnc(-c2cc(CNC)ccc2F)c1. The molecule has 1 heterocycles. The highest BCUT2D eigenvalue weighted by Crippen LogP contribution is 2.22. The maximum atomic E-state index is 13.7. The summed E-state index contributed by atoms with van der Waals surface area (Å²) in [6.45, 7) is 3.59. The smallest absolute Gasteiger partial charge is 0.132 e. The highest BCUT2D eigenvalue weighted by Gasteiger charge is 2.08. The number of halogens is 1. The fourth-order valence-corrected chi connectivity index (χ4v) is 1.75. The molecule has 4 heteroatoms. The molecule has 0 aliphatic rings. The Morgan fingerprint density at radius 2 is 2.24 bits per heavy atom. The van der Waals surface area contributed by atoms with Gasteiger partial charge < -0.3 is 9.88 Å². The van der Waals surface area contributed by atoms with E-state index in [0.717, 1.165) is 18.7 Å². The highest BCUT2D eigenvalue weighted by molar-refractivity contribution is 5.60. The lowest BCUT2D eigenvalue weighted by Gasteiger charge is -2.04. The zero-order chi connectivity index (χ0) is 12.3. The molecule has 0 atom stereocenters. The van der Waals surface area contributed by atoms with Crippen LogP contribution in [0.2, 0.25) is 0 Å². The van der Waals surface area contributed by atoms with Crippen molar-refractivity contribution in [2.45, 2.75) is 20.0 Å². The van der Waals surface area contributed by atoms with Crippen molar-refractivity contribution >= 4 is 0 Å². The average molecular weight is 233 g/mol. The lowest BCUT2D eigenvalue weighted by atomic mass is 10.1. The molecular weight excluding hydrogens is 217 g/mol. The number of aryl methyl sites for hydroxylation is 1. The zero-order valence-electron chi connectivity index (χ0n) is 10.1. The molecule has 3 nitrogen and oxygen atoms in total. The minimum Gasteiger partial charge on any atom is -0.337 e. The Morgan fingerprint density at radius 1 is 1.41 bits per heavy atom. The van der Waals surface area contributed by atoms with Gasteiger partial charge in [-0.25, -0.2) is 9.37 Å². The van der Waals surface area contributed by atoms with Crippen LogP contribution in [0.15, 0.2) is 30.7 Å². The van der Waals surface area contributed by atoms with Gasteiger partial charge in [-0.2, -0.15) is 0 Å². The molecule has 0 amide bonds. The van der Waals surface area contributed by atoms with Crippen molar-refractivity contribution in [1.82, 2.24) is 14.9 Å². The molecule has 0 radical (unpaired) electrons. The first-order valence-electron chi connectivity index (χ1n) is 5.69. The highest BCUT2D eigenvalue weighted by atomic mass is 19.1. The van der Waals surface area contributed by atoms with Crippen molar-refractivity contribution in [2.75, 3.05) is 7.05 Å². The molecule has 90 valence electrons. The first kappa shape index (κ1) is 11.8. The molecule has 2 rings (SSSR count). The Balaban J connectivity index is 2.39. The van der Waals surface area contributed by atoms with E-state index < -0.39 is 0 Å². The topological polar surface area (TPSA) is 29.9 Å². The molecule has 0 spiro atoms. The molecule has 0 aliphatic heterocycles. The summed E-state index contributed by atoms with van der Waals surface area (Å²) in [6, 6.07) is 5.12. The lowest BCUT2D eigenvalue weighted by Crippen LogP contribution is -2.05. The van der Waals surface area contributed by atoms with Gasteiger partial charge >= 0.3 is 0 Å². The van der Waals surface area contributed by atoms with E-state index in [0.29, 0.717) is 11.3 Å². The second kappa shape index (κ2) is 5.10. The number of imidazole rings is 1. The maximum absolute atomic E-state index is 13.7. The number of nitrogens with zero attached hydrogens (tertiary/aromatic N) is 2. The number of hydrogen-bond acceptors (Lipinski definition) is 2. The predicted molar refractivity (Wildman–Crippen MR) is 66.1 cm³/mol. The van der Waals surface area contributed by atoms with Gasteiger partial charge in [0, 0.05) is 24.8 Å². The minimum atomic E-state index is -0.230. The molecular formula is C13H16FN3. The molecule has 0 saturated carbocycles. The molecule has 0 aliphatic carbocycles. The van der Waals surface area contributed by atoms with Gasteiger partial charge in [0.1, 0.15) is 5.82 Å². The second-order valence-electron chi connectivity index (χ2n) is 3.93. The minimum absolute atomic E-state index is 0.230. The average Bonchev–Trinajstić information content (AvgIpc) is 2.80. The van der Waals surface area contributed by atoms with E-state index >= 15 is 0 Å². The molecule has 0 bridgehead atoms. The summed E-state index contributed by atoms with van der Waals surface area (Å²) >= 11 is 0. The van der Waals surface area contributed by atoms with Crippen LogP contribution in [0.4, 0.5) is 4.39 Å². The lowest BCUT2D eigenvalue weighted by molar-refractivity contribution is 0.629. The van der Waals surface area contributed by atoms with Crippen molar-refractivity contribution in [3.8, 4) is 11.3 Å². The maximum Gasteiger partial charge on any atom is 0.132 e. The van der Waals surface area contributed by atoms with Crippen LogP contribution in [0.25, 0.3) is 11.3 Å². The molecule has 0 saturated heterocycles. The fraction of sp³-hybridized carbons (Fsp3) is 0.308. The van der Waals surface area contributed by atoms with Crippen molar-refractivity contribution in [2.24, 2.45) is 0 Å². The van der Waals surface area contributed by atoms with E-state index in [4.69, 9.17) is 0 Å². The van der Waals surface area contributed by atoms with Crippen LogP contribution in [0, 0.1) is 5.82 Å². The number of aromatic nitrogens is 2. The van der Waals surface area contributed by atoms with Crippen LogP contribution in [0.5, 0.6) is 0 Å². The summed E-state index contributed by atoms with van der Waals surface area (Å²) < 4.78 is 15.7. The Labute approximate surface area is 100 Å². The van der Waals surface area contributed by atoms with E-state index in [-0.39, 0.29) is 5.82 Å². The third kappa shape index (κ3) is 2.53. The Kier molecular flexibility index (Phi) is 3.54. The summed E-state index contributed by atoms with van der Waals surface area (Å²) in [4.78, 5) is 4.22. The summed E-state index contributed by atoms with van der Waals surface area (Å²) in [5.74, 6) is -0.230. The standard InChI is InChI=1S/C13H16FN3/c1-3-17-8-13(16-9-17)11-6-10(7-15-2)4-5-12(11)14/h4-6,8-9,15H,3,7H2,1-2H3. The summed E-state index contributed by atoms with van der Waals surface area (Å²) in [7, 11) is 1.87. The van der Waals surface area contributed by atoms with Gasteiger partial charge in [-0.3, -0.25) is 0 Å². The summed E-state index contributed by atoms with van der Waals surface area (Å²) in [6.07, 6.45) is 3.58. The summed E-state index contributed by atoms with van der Waals surface area (Å²) in [5, 5.41) is 3.05. The number of nitrogens with one attached hydrogen (secondary N) is 1.